The highest BCUT2D eigenvalue weighted by molar-refractivity contribution is 6.02. The molecule has 1 unspecified atom stereocenters. The van der Waals surface area contributed by atoms with Gasteiger partial charge in [-0.3, -0.25) is 4.79 Å². The molecule has 0 bridgehead atoms. The second-order valence-electron chi connectivity index (χ2n) is 7.02. The Hall–Kier alpha value is -2.83. The summed E-state index contributed by atoms with van der Waals surface area (Å²) < 4.78 is 6.32. The number of esters is 1. The van der Waals surface area contributed by atoms with Crippen molar-refractivity contribution >= 4 is 34.6 Å². The number of ether oxygens (including phenoxy) is 1. The minimum absolute atomic E-state index is 0.0708. The summed E-state index contributed by atoms with van der Waals surface area (Å²) in [6.45, 7) is 8.93. The summed E-state index contributed by atoms with van der Waals surface area (Å²) in [4.78, 5) is 35.3. The van der Waals surface area contributed by atoms with Crippen LogP contribution in [0.5, 0.6) is 0 Å². The molecule has 0 radical (unpaired) electrons. The number of nitrogens with zero attached hydrogens (tertiary/aromatic N) is 1. The summed E-state index contributed by atoms with van der Waals surface area (Å²) in [5.74, 6) is -0.947. The van der Waals surface area contributed by atoms with Crippen LogP contribution in [0.1, 0.15) is 45.1 Å². The van der Waals surface area contributed by atoms with E-state index in [0.717, 1.165) is 4.57 Å². The zero-order chi connectivity index (χ0) is 18.9. The van der Waals surface area contributed by atoms with E-state index in [-0.39, 0.29) is 17.0 Å². The minimum atomic E-state index is -1.28. The van der Waals surface area contributed by atoms with E-state index in [2.05, 4.69) is 5.32 Å². The van der Waals surface area contributed by atoms with Crippen molar-refractivity contribution in [1.29, 1.82) is 0 Å². The molecule has 0 aliphatic rings. The molecule has 2 N–H and O–H groups in total. The lowest BCUT2D eigenvalue weighted by Crippen LogP contribution is -2.30. The van der Waals surface area contributed by atoms with Gasteiger partial charge in [0.05, 0.1) is 5.52 Å². The Balaban J connectivity index is 2.48. The molecular formula is C18H22N2O5. The first-order valence-electron chi connectivity index (χ1n) is 7.88. The fourth-order valence-electron chi connectivity index (χ4n) is 2.25. The Kier molecular flexibility index (Phi) is 4.87. The largest absolute Gasteiger partial charge is 0.464 e. The van der Waals surface area contributed by atoms with Gasteiger partial charge in [0.15, 0.2) is 0 Å². The Morgan fingerprint density at radius 2 is 1.84 bits per heavy atom. The number of nitrogens with one attached hydrogen (secondary N) is 1. The van der Waals surface area contributed by atoms with E-state index < -0.39 is 18.2 Å². The van der Waals surface area contributed by atoms with Crippen LogP contribution in [0.25, 0.3) is 10.9 Å². The third kappa shape index (κ3) is 3.99. The molecule has 0 fully saturated rings. The molecule has 7 heteroatoms. The minimum Gasteiger partial charge on any atom is -0.464 e. The normalized spacial score (nSPS) is 12.7. The van der Waals surface area contributed by atoms with Crippen LogP contribution >= 0.6 is 0 Å². The SMILES string of the molecule is CC(=O)Nc1ccc2c(c1)cc(C(=O)OC(C)C(C)(C)C)n2C(=O)O. The average Bonchev–Trinajstić information content (AvgIpc) is 2.84. The van der Waals surface area contributed by atoms with Gasteiger partial charge in [0.2, 0.25) is 5.91 Å². The second kappa shape index (κ2) is 6.58. The van der Waals surface area contributed by atoms with Crippen molar-refractivity contribution in [3.63, 3.8) is 0 Å². The molecule has 7 nitrogen and oxygen atoms in total. The molecule has 1 aromatic heterocycles. The topological polar surface area (TPSA) is 97.6 Å². The molecule has 0 spiro atoms. The maximum absolute atomic E-state index is 12.5. The van der Waals surface area contributed by atoms with Gasteiger partial charge in [-0.25, -0.2) is 14.2 Å². The highest BCUT2D eigenvalue weighted by Crippen LogP contribution is 2.27. The number of benzene rings is 1. The number of amides is 1. The van der Waals surface area contributed by atoms with E-state index in [9.17, 15) is 19.5 Å². The quantitative estimate of drug-likeness (QED) is 0.826. The molecule has 0 aliphatic carbocycles. The number of anilines is 1. The lowest BCUT2D eigenvalue weighted by Gasteiger charge is -2.26. The van der Waals surface area contributed by atoms with E-state index in [4.69, 9.17) is 4.74 Å². The predicted octanol–water partition coefficient (Wildman–Crippen LogP) is 3.72. The molecule has 2 rings (SSSR count). The average molecular weight is 346 g/mol. The van der Waals surface area contributed by atoms with Crippen molar-refractivity contribution in [3.8, 4) is 0 Å². The first kappa shape index (κ1) is 18.5. The molecule has 1 amide bonds. The fourth-order valence-corrected chi connectivity index (χ4v) is 2.25. The van der Waals surface area contributed by atoms with Gasteiger partial charge in [-0.05, 0) is 36.6 Å². The summed E-state index contributed by atoms with van der Waals surface area (Å²) in [5.41, 5.74) is 0.523. The monoisotopic (exact) mass is 346 g/mol. The number of hydrogen-bond acceptors (Lipinski definition) is 4. The number of carbonyl (C=O) groups excluding carboxylic acids is 2. The van der Waals surface area contributed by atoms with Gasteiger partial charge in [0.1, 0.15) is 11.8 Å². The van der Waals surface area contributed by atoms with Crippen molar-refractivity contribution in [2.45, 2.75) is 40.7 Å². The number of aromatic nitrogens is 1. The third-order valence-corrected chi connectivity index (χ3v) is 4.03. The molecule has 2 aromatic rings. The van der Waals surface area contributed by atoms with Gasteiger partial charge in [-0.2, -0.15) is 0 Å². The maximum Gasteiger partial charge on any atom is 0.416 e. The Morgan fingerprint density at radius 1 is 1.20 bits per heavy atom. The van der Waals surface area contributed by atoms with Gasteiger partial charge in [0.25, 0.3) is 0 Å². The van der Waals surface area contributed by atoms with Gasteiger partial charge in [-0.15, -0.1) is 0 Å². The van der Waals surface area contributed by atoms with Crippen LogP contribution in [0, 0.1) is 5.41 Å². The van der Waals surface area contributed by atoms with E-state index in [0.29, 0.717) is 16.6 Å². The zero-order valence-electron chi connectivity index (χ0n) is 14.9. The van der Waals surface area contributed by atoms with Crippen molar-refractivity contribution in [1.82, 2.24) is 4.57 Å². The fraction of sp³-hybridized carbons (Fsp3) is 0.389. The van der Waals surface area contributed by atoms with Crippen LogP contribution in [0.4, 0.5) is 10.5 Å². The van der Waals surface area contributed by atoms with Crippen molar-refractivity contribution in [3.05, 3.63) is 30.0 Å². The van der Waals surface area contributed by atoms with Gasteiger partial charge >= 0.3 is 12.1 Å². The Bertz CT molecular complexity index is 845. The summed E-state index contributed by atoms with van der Waals surface area (Å²) in [6.07, 6.45) is -1.67. The maximum atomic E-state index is 12.5. The molecular weight excluding hydrogens is 324 g/mol. The van der Waals surface area contributed by atoms with Crippen LogP contribution in [0.15, 0.2) is 24.3 Å². The number of carboxylic acid groups (broad SMARTS) is 1. The van der Waals surface area contributed by atoms with Gasteiger partial charge in [0, 0.05) is 18.0 Å². The van der Waals surface area contributed by atoms with Gasteiger partial charge in [-0.1, -0.05) is 20.8 Å². The van der Waals surface area contributed by atoms with Crippen LogP contribution in [0.3, 0.4) is 0 Å². The molecule has 1 atom stereocenters. The van der Waals surface area contributed by atoms with E-state index in [1.807, 2.05) is 20.8 Å². The lowest BCUT2D eigenvalue weighted by atomic mass is 9.90. The molecule has 0 saturated carbocycles. The van der Waals surface area contributed by atoms with E-state index >= 15 is 0 Å². The smallest absolute Gasteiger partial charge is 0.416 e. The zero-order valence-corrected chi connectivity index (χ0v) is 14.9. The second-order valence-corrected chi connectivity index (χ2v) is 7.02. The molecule has 0 aliphatic heterocycles. The molecule has 1 heterocycles. The highest BCUT2D eigenvalue weighted by Gasteiger charge is 2.27. The van der Waals surface area contributed by atoms with E-state index in [1.165, 1.54) is 13.0 Å². The van der Waals surface area contributed by atoms with Crippen LogP contribution in [-0.4, -0.2) is 33.7 Å². The molecule has 1 aromatic carbocycles. The number of hydrogen-bond donors (Lipinski definition) is 2. The number of carbonyl (C=O) groups is 3. The van der Waals surface area contributed by atoms with E-state index in [1.54, 1.807) is 25.1 Å². The summed E-state index contributed by atoms with van der Waals surface area (Å²) in [5, 5.41) is 12.6. The molecule has 0 saturated heterocycles. The first-order valence-corrected chi connectivity index (χ1v) is 7.88. The Labute approximate surface area is 145 Å². The number of fused-ring (bicyclic) bond motifs is 1. The highest BCUT2D eigenvalue weighted by atomic mass is 16.5. The van der Waals surface area contributed by atoms with Crippen molar-refractivity contribution in [2.24, 2.45) is 5.41 Å². The Morgan fingerprint density at radius 3 is 2.36 bits per heavy atom. The van der Waals surface area contributed by atoms with Crippen LogP contribution in [0.2, 0.25) is 0 Å². The predicted molar refractivity (Wildman–Crippen MR) is 94.0 cm³/mol. The standard InChI is InChI=1S/C18H22N2O5/c1-10(18(3,4)5)25-16(22)15-9-12-8-13(19-11(2)21)6-7-14(12)20(15)17(23)24/h6-10H,1-5H3,(H,19,21)(H,23,24). The molecule has 25 heavy (non-hydrogen) atoms. The van der Waals surface area contributed by atoms with Crippen molar-refractivity contribution in [2.75, 3.05) is 5.32 Å². The van der Waals surface area contributed by atoms with Crippen LogP contribution < -0.4 is 5.32 Å². The summed E-state index contributed by atoms with van der Waals surface area (Å²) in [7, 11) is 0. The lowest BCUT2D eigenvalue weighted by molar-refractivity contribution is -0.114. The first-order chi connectivity index (χ1) is 11.5. The molecule has 134 valence electrons. The third-order valence-electron chi connectivity index (χ3n) is 4.03. The number of rotatable bonds is 3. The summed E-state index contributed by atoms with van der Waals surface area (Å²) >= 11 is 0. The van der Waals surface area contributed by atoms with Gasteiger partial charge < -0.3 is 15.2 Å². The van der Waals surface area contributed by atoms with Crippen LogP contribution in [-0.2, 0) is 9.53 Å². The summed E-state index contributed by atoms with van der Waals surface area (Å²) in [6, 6.07) is 6.18. The van der Waals surface area contributed by atoms with Crippen molar-refractivity contribution < 1.29 is 24.2 Å².